The zero-order valence-electron chi connectivity index (χ0n) is 11.2. The average molecular weight is 264 g/mol. The minimum absolute atomic E-state index is 0.342. The normalized spacial score (nSPS) is 15.3. The second kappa shape index (κ2) is 6.89. The molecule has 104 valence electrons. The maximum atomic E-state index is 12.0. The van der Waals surface area contributed by atoms with Gasteiger partial charge in [-0.3, -0.25) is 4.79 Å². The Kier molecular flexibility index (Phi) is 5.51. The van der Waals surface area contributed by atoms with Crippen molar-refractivity contribution in [2.24, 2.45) is 11.7 Å². The van der Waals surface area contributed by atoms with Crippen molar-refractivity contribution in [3.63, 3.8) is 0 Å². The number of hydrogen-bond acceptors (Lipinski definition) is 3. The second-order valence-corrected chi connectivity index (χ2v) is 4.53. The first-order chi connectivity index (χ1) is 8.97. The Labute approximate surface area is 112 Å². The molecule has 0 radical (unpaired) electrons. The molecule has 1 aromatic rings. The SMILES string of the molecule is CC[C@H](NC(=O)C(C)C(N)c1ccccc1)C(=O)O. The molecule has 0 aromatic heterocycles. The summed E-state index contributed by atoms with van der Waals surface area (Å²) in [5.74, 6) is -1.86. The van der Waals surface area contributed by atoms with E-state index in [4.69, 9.17) is 10.8 Å². The Morgan fingerprint density at radius 1 is 1.32 bits per heavy atom. The molecule has 1 aromatic carbocycles. The number of carboxylic acids is 1. The van der Waals surface area contributed by atoms with E-state index >= 15 is 0 Å². The molecule has 1 amide bonds. The van der Waals surface area contributed by atoms with Crippen LogP contribution in [0.15, 0.2) is 30.3 Å². The van der Waals surface area contributed by atoms with Gasteiger partial charge in [0.15, 0.2) is 0 Å². The number of aliphatic carboxylic acids is 1. The lowest BCUT2D eigenvalue weighted by Crippen LogP contribution is -2.44. The molecule has 0 heterocycles. The highest BCUT2D eigenvalue weighted by Crippen LogP contribution is 2.19. The number of nitrogens with two attached hydrogens (primary N) is 1. The number of carbonyl (C=O) groups is 2. The quantitative estimate of drug-likeness (QED) is 0.722. The lowest BCUT2D eigenvalue weighted by atomic mass is 9.94. The standard InChI is InChI=1S/C14H20N2O3/c1-3-11(14(18)19)16-13(17)9(2)12(15)10-7-5-4-6-8-10/h4-9,11-12H,3,15H2,1-2H3,(H,16,17)(H,18,19)/t9?,11-,12?/m0/s1. The monoisotopic (exact) mass is 264 g/mol. The van der Waals surface area contributed by atoms with Gasteiger partial charge in [0.2, 0.25) is 5.91 Å². The molecule has 3 atom stereocenters. The lowest BCUT2D eigenvalue weighted by Gasteiger charge is -2.21. The molecular weight excluding hydrogens is 244 g/mol. The van der Waals surface area contributed by atoms with Crippen molar-refractivity contribution >= 4 is 11.9 Å². The molecule has 19 heavy (non-hydrogen) atoms. The van der Waals surface area contributed by atoms with Crippen molar-refractivity contribution in [2.75, 3.05) is 0 Å². The van der Waals surface area contributed by atoms with E-state index in [-0.39, 0.29) is 5.91 Å². The molecule has 5 nitrogen and oxygen atoms in total. The fourth-order valence-electron chi connectivity index (χ4n) is 1.77. The first-order valence-corrected chi connectivity index (χ1v) is 6.31. The zero-order chi connectivity index (χ0) is 14.4. The van der Waals surface area contributed by atoms with Crippen LogP contribution in [0, 0.1) is 5.92 Å². The van der Waals surface area contributed by atoms with Gasteiger partial charge in [0, 0.05) is 6.04 Å². The molecule has 5 heteroatoms. The van der Waals surface area contributed by atoms with Crippen LogP contribution in [0.25, 0.3) is 0 Å². The highest BCUT2D eigenvalue weighted by atomic mass is 16.4. The smallest absolute Gasteiger partial charge is 0.326 e. The van der Waals surface area contributed by atoms with Crippen LogP contribution in [0.3, 0.4) is 0 Å². The number of benzene rings is 1. The molecular formula is C14H20N2O3. The Hall–Kier alpha value is -1.88. The summed E-state index contributed by atoms with van der Waals surface area (Å²) < 4.78 is 0. The lowest BCUT2D eigenvalue weighted by molar-refractivity contribution is -0.142. The first-order valence-electron chi connectivity index (χ1n) is 6.31. The van der Waals surface area contributed by atoms with Crippen molar-refractivity contribution in [2.45, 2.75) is 32.4 Å². The van der Waals surface area contributed by atoms with E-state index in [0.717, 1.165) is 5.56 Å². The van der Waals surface area contributed by atoms with E-state index in [1.54, 1.807) is 13.8 Å². The Balaban J connectivity index is 2.69. The number of amides is 1. The Bertz CT molecular complexity index is 434. The van der Waals surface area contributed by atoms with Crippen LogP contribution < -0.4 is 11.1 Å². The maximum Gasteiger partial charge on any atom is 0.326 e. The summed E-state index contributed by atoms with van der Waals surface area (Å²) in [6.45, 7) is 3.41. The molecule has 0 saturated heterocycles. The summed E-state index contributed by atoms with van der Waals surface area (Å²) >= 11 is 0. The van der Waals surface area contributed by atoms with Gasteiger partial charge in [-0.25, -0.2) is 4.79 Å². The Morgan fingerprint density at radius 2 is 1.89 bits per heavy atom. The van der Waals surface area contributed by atoms with Crippen LogP contribution in [0.5, 0.6) is 0 Å². The van der Waals surface area contributed by atoms with E-state index in [1.165, 1.54) is 0 Å². The summed E-state index contributed by atoms with van der Waals surface area (Å²) in [6, 6.07) is 7.97. The highest BCUT2D eigenvalue weighted by Gasteiger charge is 2.25. The summed E-state index contributed by atoms with van der Waals surface area (Å²) in [5.41, 5.74) is 6.88. The van der Waals surface area contributed by atoms with Crippen LogP contribution in [0.2, 0.25) is 0 Å². The number of hydrogen-bond donors (Lipinski definition) is 3. The summed E-state index contributed by atoms with van der Waals surface area (Å²) in [7, 11) is 0. The molecule has 0 fully saturated rings. The van der Waals surface area contributed by atoms with Crippen LogP contribution in [0.1, 0.15) is 31.9 Å². The fourth-order valence-corrected chi connectivity index (χ4v) is 1.77. The minimum atomic E-state index is -1.03. The third-order valence-electron chi connectivity index (χ3n) is 3.16. The van der Waals surface area contributed by atoms with Crippen molar-refractivity contribution in [3.8, 4) is 0 Å². The van der Waals surface area contributed by atoms with Gasteiger partial charge in [0.05, 0.1) is 5.92 Å². The van der Waals surface area contributed by atoms with Crippen LogP contribution in [-0.2, 0) is 9.59 Å². The summed E-state index contributed by atoms with van der Waals surface area (Å²) in [4.78, 5) is 22.9. The Morgan fingerprint density at radius 3 is 2.37 bits per heavy atom. The molecule has 1 rings (SSSR count). The number of carbonyl (C=O) groups excluding carboxylic acids is 1. The highest BCUT2D eigenvalue weighted by molar-refractivity contribution is 5.85. The van der Waals surface area contributed by atoms with Gasteiger partial charge in [-0.05, 0) is 12.0 Å². The number of rotatable bonds is 6. The van der Waals surface area contributed by atoms with E-state index in [0.29, 0.717) is 6.42 Å². The second-order valence-electron chi connectivity index (χ2n) is 4.53. The average Bonchev–Trinajstić information content (AvgIpc) is 2.43. The predicted octanol–water partition coefficient (Wildman–Crippen LogP) is 1.30. The van der Waals surface area contributed by atoms with Crippen molar-refractivity contribution < 1.29 is 14.7 Å². The van der Waals surface area contributed by atoms with Gasteiger partial charge in [0.1, 0.15) is 6.04 Å². The van der Waals surface area contributed by atoms with Crippen LogP contribution in [-0.4, -0.2) is 23.0 Å². The van der Waals surface area contributed by atoms with Gasteiger partial charge in [0.25, 0.3) is 0 Å². The molecule has 0 bridgehead atoms. The van der Waals surface area contributed by atoms with Gasteiger partial charge in [-0.1, -0.05) is 44.2 Å². The van der Waals surface area contributed by atoms with Crippen molar-refractivity contribution in [3.05, 3.63) is 35.9 Å². The van der Waals surface area contributed by atoms with Gasteiger partial charge >= 0.3 is 5.97 Å². The number of carboxylic acid groups (broad SMARTS) is 1. The molecule has 0 spiro atoms. The third-order valence-corrected chi connectivity index (χ3v) is 3.16. The van der Waals surface area contributed by atoms with E-state index in [2.05, 4.69) is 5.32 Å². The largest absolute Gasteiger partial charge is 0.480 e. The maximum absolute atomic E-state index is 12.0. The van der Waals surface area contributed by atoms with E-state index in [1.807, 2.05) is 30.3 Å². The molecule has 4 N–H and O–H groups in total. The number of nitrogens with one attached hydrogen (secondary N) is 1. The molecule has 0 aliphatic rings. The minimum Gasteiger partial charge on any atom is -0.480 e. The first kappa shape index (κ1) is 15.2. The van der Waals surface area contributed by atoms with Crippen LogP contribution >= 0.6 is 0 Å². The summed E-state index contributed by atoms with van der Waals surface area (Å²) in [6.07, 6.45) is 0.342. The van der Waals surface area contributed by atoms with Crippen LogP contribution in [0.4, 0.5) is 0 Å². The molecule has 2 unspecified atom stereocenters. The topological polar surface area (TPSA) is 92.4 Å². The van der Waals surface area contributed by atoms with Gasteiger partial charge < -0.3 is 16.2 Å². The summed E-state index contributed by atoms with van der Waals surface area (Å²) in [5, 5.41) is 11.4. The predicted molar refractivity (Wildman–Crippen MR) is 72.4 cm³/mol. The molecule has 0 aliphatic heterocycles. The van der Waals surface area contributed by atoms with E-state index in [9.17, 15) is 9.59 Å². The van der Waals surface area contributed by atoms with Gasteiger partial charge in [-0.2, -0.15) is 0 Å². The molecule has 0 aliphatic carbocycles. The zero-order valence-corrected chi connectivity index (χ0v) is 11.2. The van der Waals surface area contributed by atoms with Crippen molar-refractivity contribution in [1.29, 1.82) is 0 Å². The van der Waals surface area contributed by atoms with Gasteiger partial charge in [-0.15, -0.1) is 0 Å². The molecule has 0 saturated carbocycles. The van der Waals surface area contributed by atoms with E-state index < -0.39 is 24.0 Å². The van der Waals surface area contributed by atoms with Crippen molar-refractivity contribution in [1.82, 2.24) is 5.32 Å². The third kappa shape index (κ3) is 4.06. The fraction of sp³-hybridized carbons (Fsp3) is 0.429.